The smallest absolute Gasteiger partial charge is 0.303 e. The number of benzene rings is 3. The number of aliphatic hydroxyl groups is 1. The van der Waals surface area contributed by atoms with Crippen molar-refractivity contribution in [3.63, 3.8) is 0 Å². The minimum Gasteiger partial charge on any atom is -0.491 e. The Morgan fingerprint density at radius 3 is 1.75 bits per heavy atom. The van der Waals surface area contributed by atoms with Gasteiger partial charge in [-0.1, -0.05) is 24.3 Å². The van der Waals surface area contributed by atoms with Gasteiger partial charge in [0.1, 0.15) is 43.3 Å². The van der Waals surface area contributed by atoms with Gasteiger partial charge in [0.25, 0.3) is 0 Å². The van der Waals surface area contributed by atoms with Gasteiger partial charge in [-0.2, -0.15) is 0 Å². The third-order valence-electron chi connectivity index (χ3n) is 6.57. The van der Waals surface area contributed by atoms with Gasteiger partial charge in [-0.05, 0) is 53.9 Å². The third-order valence-corrected chi connectivity index (χ3v) is 6.57. The van der Waals surface area contributed by atoms with Gasteiger partial charge in [-0.25, -0.2) is 8.78 Å². The molecule has 0 bridgehead atoms. The monoisotopic (exact) mass is 677 g/mol. The largest absolute Gasteiger partial charge is 0.491 e. The number of aliphatic hydroxyl groups excluding tert-OH is 1. The Morgan fingerprint density at radius 1 is 0.667 bits per heavy atom. The van der Waals surface area contributed by atoms with Crippen LogP contribution in [0.1, 0.15) is 24.0 Å². The van der Waals surface area contributed by atoms with E-state index in [1.54, 1.807) is 42.5 Å². The van der Waals surface area contributed by atoms with E-state index in [1.807, 2.05) is 0 Å². The molecule has 3 aromatic carbocycles. The quantitative estimate of drug-likeness (QED) is 0.0993. The summed E-state index contributed by atoms with van der Waals surface area (Å²) in [5, 5.41) is 22.0. The summed E-state index contributed by atoms with van der Waals surface area (Å²) in [7, 11) is 0. The van der Waals surface area contributed by atoms with Crippen LogP contribution in [0.4, 0.5) is 8.78 Å². The first-order valence-electron chi connectivity index (χ1n) is 15.8. The molecule has 0 spiro atoms. The van der Waals surface area contributed by atoms with E-state index in [4.69, 9.17) is 38.3 Å². The van der Waals surface area contributed by atoms with Crippen LogP contribution < -0.4 is 19.5 Å². The molecule has 13 heteroatoms. The number of halogens is 2. The van der Waals surface area contributed by atoms with Gasteiger partial charge in [-0.3, -0.25) is 4.79 Å². The van der Waals surface area contributed by atoms with Crippen LogP contribution in [0, 0.1) is 11.6 Å². The summed E-state index contributed by atoms with van der Waals surface area (Å²) in [6.07, 6.45) is -0.195. The van der Waals surface area contributed by atoms with Gasteiger partial charge in [-0.15, -0.1) is 0 Å². The molecular weight excluding hydrogens is 632 g/mol. The molecule has 0 fully saturated rings. The summed E-state index contributed by atoms with van der Waals surface area (Å²) in [5.74, 6) is -0.187. The molecule has 48 heavy (non-hydrogen) atoms. The summed E-state index contributed by atoms with van der Waals surface area (Å²) in [6.45, 7) is 4.63. The molecular formula is C35H45F2NO10. The van der Waals surface area contributed by atoms with Crippen molar-refractivity contribution in [1.82, 2.24) is 5.32 Å². The molecule has 0 aliphatic heterocycles. The Bertz CT molecular complexity index is 1300. The van der Waals surface area contributed by atoms with E-state index in [2.05, 4.69) is 5.32 Å². The molecule has 0 radical (unpaired) electrons. The molecule has 0 amide bonds. The third kappa shape index (κ3) is 17.3. The Hall–Kier alpha value is -3.85. The highest BCUT2D eigenvalue weighted by molar-refractivity contribution is 5.66. The maximum absolute atomic E-state index is 13.3. The average Bonchev–Trinajstić information content (AvgIpc) is 3.08. The van der Waals surface area contributed by atoms with Crippen LogP contribution in [0.5, 0.6) is 17.2 Å². The van der Waals surface area contributed by atoms with Gasteiger partial charge >= 0.3 is 5.97 Å². The summed E-state index contributed by atoms with van der Waals surface area (Å²) in [5.41, 5.74) is 1.55. The van der Waals surface area contributed by atoms with E-state index in [1.165, 1.54) is 24.3 Å². The molecule has 0 saturated heterocycles. The number of nitrogens with one attached hydrogen (secondary N) is 1. The zero-order valence-corrected chi connectivity index (χ0v) is 27.0. The van der Waals surface area contributed by atoms with E-state index >= 15 is 0 Å². The van der Waals surface area contributed by atoms with Gasteiger partial charge in [0, 0.05) is 32.2 Å². The van der Waals surface area contributed by atoms with E-state index in [9.17, 15) is 18.7 Å². The maximum Gasteiger partial charge on any atom is 0.303 e. The SMILES string of the molecule is O=C(O)CCCOCCOCCOCCOCCNCC(O)COc1ccc(OCc2ccc(F)cc2)c(OCc2ccc(F)cc2)c1. The van der Waals surface area contributed by atoms with Crippen molar-refractivity contribution in [2.75, 3.05) is 72.6 Å². The minimum atomic E-state index is -0.830. The number of rotatable bonds is 27. The van der Waals surface area contributed by atoms with Crippen molar-refractivity contribution in [3.05, 3.63) is 89.5 Å². The van der Waals surface area contributed by atoms with Gasteiger partial charge < -0.3 is 48.7 Å². The summed E-state index contributed by atoms with van der Waals surface area (Å²) >= 11 is 0. The molecule has 0 saturated carbocycles. The molecule has 264 valence electrons. The van der Waals surface area contributed by atoms with Gasteiger partial charge in [0.15, 0.2) is 11.5 Å². The topological polar surface area (TPSA) is 134 Å². The second kappa shape index (κ2) is 23.5. The van der Waals surface area contributed by atoms with E-state index < -0.39 is 12.1 Å². The van der Waals surface area contributed by atoms with Crippen molar-refractivity contribution < 1.29 is 56.9 Å². The highest BCUT2D eigenvalue weighted by atomic mass is 19.1. The van der Waals surface area contributed by atoms with E-state index in [0.29, 0.717) is 89.6 Å². The lowest BCUT2D eigenvalue weighted by Gasteiger charge is -2.17. The second-order valence-corrected chi connectivity index (χ2v) is 10.6. The van der Waals surface area contributed by atoms with Gasteiger partial charge in [0.2, 0.25) is 0 Å². The number of carboxylic acids is 1. The number of ether oxygens (including phenoxy) is 7. The number of carboxylic acid groups (broad SMARTS) is 1. The van der Waals surface area contributed by atoms with Crippen LogP contribution in [0.3, 0.4) is 0 Å². The van der Waals surface area contributed by atoms with Crippen molar-refractivity contribution in [2.45, 2.75) is 32.2 Å². The Kier molecular flexibility index (Phi) is 18.9. The lowest BCUT2D eigenvalue weighted by atomic mass is 10.2. The number of hydrogen-bond acceptors (Lipinski definition) is 10. The maximum atomic E-state index is 13.3. The first-order chi connectivity index (χ1) is 23.4. The molecule has 0 aromatic heterocycles. The highest BCUT2D eigenvalue weighted by Crippen LogP contribution is 2.33. The van der Waals surface area contributed by atoms with Crippen molar-refractivity contribution in [1.29, 1.82) is 0 Å². The fourth-order valence-electron chi connectivity index (χ4n) is 4.05. The lowest BCUT2D eigenvalue weighted by molar-refractivity contribution is -0.137. The van der Waals surface area contributed by atoms with Gasteiger partial charge in [0.05, 0.1) is 46.2 Å². The summed E-state index contributed by atoms with van der Waals surface area (Å²) < 4.78 is 65.9. The van der Waals surface area contributed by atoms with Crippen LogP contribution >= 0.6 is 0 Å². The zero-order chi connectivity index (χ0) is 34.2. The van der Waals surface area contributed by atoms with Crippen molar-refractivity contribution in [3.8, 4) is 17.2 Å². The molecule has 3 N–H and O–H groups in total. The predicted octanol–water partition coefficient (Wildman–Crippen LogP) is 4.38. The fraction of sp³-hybridized carbons (Fsp3) is 0.457. The standard InChI is InChI=1S/C35H45F2NO10/c36-29-7-3-27(4-8-29)24-47-33-12-11-32(22-34(33)48-25-28-5-9-30(37)10-6-28)46-26-31(39)23-38-13-15-43-17-19-45-21-20-44-18-16-42-14-1-2-35(40)41/h3-12,22,31,38-39H,1-2,13-21,23-26H2,(H,40,41). The molecule has 3 rings (SSSR count). The predicted molar refractivity (Wildman–Crippen MR) is 172 cm³/mol. The molecule has 11 nitrogen and oxygen atoms in total. The fourth-order valence-corrected chi connectivity index (χ4v) is 4.05. The van der Waals surface area contributed by atoms with Crippen LogP contribution in [-0.2, 0) is 37.0 Å². The molecule has 0 aliphatic rings. The van der Waals surface area contributed by atoms with Crippen molar-refractivity contribution in [2.24, 2.45) is 0 Å². The first kappa shape index (κ1) is 38.6. The average molecular weight is 678 g/mol. The van der Waals surface area contributed by atoms with Crippen molar-refractivity contribution >= 4 is 5.97 Å². The number of aliphatic carboxylic acids is 1. The minimum absolute atomic E-state index is 0.0355. The Balaban J connectivity index is 1.27. The van der Waals surface area contributed by atoms with E-state index in [-0.39, 0.29) is 37.9 Å². The van der Waals surface area contributed by atoms with E-state index in [0.717, 1.165) is 11.1 Å². The Labute approximate surface area is 279 Å². The Morgan fingerprint density at radius 2 is 1.19 bits per heavy atom. The van der Waals surface area contributed by atoms with Crippen LogP contribution in [0.25, 0.3) is 0 Å². The second-order valence-electron chi connectivity index (χ2n) is 10.6. The molecule has 0 aliphatic carbocycles. The van der Waals surface area contributed by atoms with Crippen LogP contribution in [0.2, 0.25) is 0 Å². The first-order valence-corrected chi connectivity index (χ1v) is 15.8. The molecule has 1 atom stereocenters. The molecule has 3 aromatic rings. The summed E-state index contributed by atoms with van der Waals surface area (Å²) in [4.78, 5) is 10.4. The normalized spacial score (nSPS) is 11.7. The molecule has 1 unspecified atom stereocenters. The molecule has 0 heterocycles. The number of carbonyl (C=O) groups is 1. The highest BCUT2D eigenvalue weighted by Gasteiger charge is 2.11. The number of hydrogen-bond donors (Lipinski definition) is 3. The van der Waals surface area contributed by atoms with Crippen LogP contribution in [0.15, 0.2) is 66.7 Å². The summed E-state index contributed by atoms with van der Waals surface area (Å²) in [6, 6.07) is 17.0. The zero-order valence-electron chi connectivity index (χ0n) is 27.0. The lowest BCUT2D eigenvalue weighted by Crippen LogP contribution is -2.33. The van der Waals surface area contributed by atoms with Crippen LogP contribution in [-0.4, -0.2) is 94.8 Å².